The van der Waals surface area contributed by atoms with Gasteiger partial charge in [-0.15, -0.1) is 0 Å². The molecule has 0 bridgehead atoms. The zero-order valence-electron chi connectivity index (χ0n) is 14.1. The molecule has 2 fully saturated rings. The van der Waals surface area contributed by atoms with Gasteiger partial charge in [0.15, 0.2) is 0 Å². The molecule has 5 nitrogen and oxygen atoms in total. The molecule has 0 aromatic rings. The van der Waals surface area contributed by atoms with Crippen molar-refractivity contribution in [2.75, 3.05) is 39.3 Å². The SMILES string of the molecule is CCN1CCCCC1C(=O)NCCCCN1CCCC1CO. The second-order valence-electron chi connectivity index (χ2n) is 6.65. The highest BCUT2D eigenvalue weighted by molar-refractivity contribution is 5.81. The van der Waals surface area contributed by atoms with E-state index in [0.29, 0.717) is 6.04 Å². The number of nitrogens with one attached hydrogen (secondary N) is 1. The number of unbranched alkanes of at least 4 members (excludes halogenated alkanes) is 1. The summed E-state index contributed by atoms with van der Waals surface area (Å²) in [6, 6.07) is 0.464. The Morgan fingerprint density at radius 2 is 1.95 bits per heavy atom. The van der Waals surface area contributed by atoms with Crippen molar-refractivity contribution in [1.29, 1.82) is 0 Å². The predicted octanol–water partition coefficient (Wildman–Crippen LogP) is 1.21. The summed E-state index contributed by atoms with van der Waals surface area (Å²) in [5.74, 6) is 0.218. The number of hydrogen-bond donors (Lipinski definition) is 2. The summed E-state index contributed by atoms with van der Waals surface area (Å²) in [5.41, 5.74) is 0. The largest absolute Gasteiger partial charge is 0.395 e. The molecule has 128 valence electrons. The fourth-order valence-electron chi connectivity index (χ4n) is 3.83. The molecule has 0 aromatic heterocycles. The molecule has 0 saturated carbocycles. The van der Waals surface area contributed by atoms with Crippen molar-refractivity contribution in [2.45, 2.75) is 64.0 Å². The monoisotopic (exact) mass is 311 g/mol. The standard InChI is InChI=1S/C17H33N3O2/c1-2-19-11-5-3-9-16(19)17(22)18-10-4-6-12-20-13-7-8-15(20)14-21/h15-16,21H,2-14H2,1H3,(H,18,22). The quantitative estimate of drug-likeness (QED) is 0.662. The van der Waals surface area contributed by atoms with Gasteiger partial charge in [0, 0.05) is 12.6 Å². The number of aliphatic hydroxyl groups is 1. The maximum absolute atomic E-state index is 12.3. The Bertz CT molecular complexity index is 338. The van der Waals surface area contributed by atoms with Crippen molar-refractivity contribution in [2.24, 2.45) is 0 Å². The van der Waals surface area contributed by atoms with Gasteiger partial charge in [-0.05, 0) is 64.7 Å². The van der Waals surface area contributed by atoms with Crippen LogP contribution in [-0.4, -0.2) is 72.2 Å². The minimum Gasteiger partial charge on any atom is -0.395 e. The summed E-state index contributed by atoms with van der Waals surface area (Å²) in [4.78, 5) is 17.0. The molecule has 2 aliphatic heterocycles. The molecule has 2 aliphatic rings. The summed E-state index contributed by atoms with van der Waals surface area (Å²) in [5, 5.41) is 12.4. The van der Waals surface area contributed by atoms with Crippen LogP contribution in [-0.2, 0) is 4.79 Å². The van der Waals surface area contributed by atoms with Gasteiger partial charge in [0.2, 0.25) is 5.91 Å². The number of hydrogen-bond acceptors (Lipinski definition) is 4. The first-order valence-corrected chi connectivity index (χ1v) is 9.13. The van der Waals surface area contributed by atoms with Crippen LogP contribution >= 0.6 is 0 Å². The molecule has 5 heteroatoms. The van der Waals surface area contributed by atoms with Gasteiger partial charge >= 0.3 is 0 Å². The number of carbonyl (C=O) groups excluding carboxylic acids is 1. The van der Waals surface area contributed by atoms with Gasteiger partial charge < -0.3 is 10.4 Å². The van der Waals surface area contributed by atoms with Crippen LogP contribution in [0.2, 0.25) is 0 Å². The van der Waals surface area contributed by atoms with Crippen LogP contribution in [0.25, 0.3) is 0 Å². The Kier molecular flexibility index (Phi) is 7.63. The van der Waals surface area contributed by atoms with E-state index in [-0.39, 0.29) is 18.6 Å². The Hall–Kier alpha value is -0.650. The number of piperidine rings is 1. The number of amides is 1. The molecule has 0 radical (unpaired) electrons. The second-order valence-corrected chi connectivity index (χ2v) is 6.65. The summed E-state index contributed by atoms with van der Waals surface area (Å²) >= 11 is 0. The molecule has 2 unspecified atom stereocenters. The molecule has 2 atom stereocenters. The fourth-order valence-corrected chi connectivity index (χ4v) is 3.83. The molecule has 0 aromatic carbocycles. The van der Waals surface area contributed by atoms with E-state index >= 15 is 0 Å². The van der Waals surface area contributed by atoms with E-state index in [0.717, 1.165) is 58.4 Å². The van der Waals surface area contributed by atoms with Gasteiger partial charge in [-0.3, -0.25) is 14.6 Å². The minimum atomic E-state index is 0.0936. The molecule has 22 heavy (non-hydrogen) atoms. The summed E-state index contributed by atoms with van der Waals surface area (Å²) in [7, 11) is 0. The van der Waals surface area contributed by atoms with E-state index in [1.807, 2.05) is 0 Å². The average Bonchev–Trinajstić information content (AvgIpc) is 3.01. The number of aliphatic hydroxyl groups excluding tert-OH is 1. The first-order chi connectivity index (χ1) is 10.8. The second kappa shape index (κ2) is 9.48. The molecule has 0 spiro atoms. The van der Waals surface area contributed by atoms with Crippen LogP contribution in [0.1, 0.15) is 51.9 Å². The van der Waals surface area contributed by atoms with Crippen LogP contribution < -0.4 is 5.32 Å². The van der Waals surface area contributed by atoms with E-state index in [1.165, 1.54) is 19.3 Å². The van der Waals surface area contributed by atoms with Gasteiger partial charge in [0.1, 0.15) is 0 Å². The van der Waals surface area contributed by atoms with E-state index in [9.17, 15) is 9.90 Å². The summed E-state index contributed by atoms with van der Waals surface area (Å²) < 4.78 is 0. The highest BCUT2D eigenvalue weighted by atomic mass is 16.3. The molecule has 1 amide bonds. The molecule has 2 saturated heterocycles. The lowest BCUT2D eigenvalue weighted by molar-refractivity contribution is -0.127. The van der Waals surface area contributed by atoms with Crippen molar-refractivity contribution < 1.29 is 9.90 Å². The topological polar surface area (TPSA) is 55.8 Å². The number of carbonyl (C=O) groups is 1. The Morgan fingerprint density at radius 3 is 2.73 bits per heavy atom. The summed E-state index contributed by atoms with van der Waals surface area (Å²) in [6.07, 6.45) is 7.85. The van der Waals surface area contributed by atoms with Crippen LogP contribution in [0.5, 0.6) is 0 Å². The zero-order chi connectivity index (χ0) is 15.8. The number of nitrogens with zero attached hydrogens (tertiary/aromatic N) is 2. The maximum Gasteiger partial charge on any atom is 0.237 e. The van der Waals surface area contributed by atoms with Crippen LogP contribution in [0.4, 0.5) is 0 Å². The Morgan fingerprint density at radius 1 is 1.14 bits per heavy atom. The van der Waals surface area contributed by atoms with Gasteiger partial charge in [-0.1, -0.05) is 13.3 Å². The smallest absolute Gasteiger partial charge is 0.237 e. The van der Waals surface area contributed by atoms with Crippen LogP contribution in [0.15, 0.2) is 0 Å². The average molecular weight is 311 g/mol. The predicted molar refractivity (Wildman–Crippen MR) is 88.8 cm³/mol. The maximum atomic E-state index is 12.3. The van der Waals surface area contributed by atoms with Gasteiger partial charge in [-0.25, -0.2) is 0 Å². The van der Waals surface area contributed by atoms with Crippen LogP contribution in [0, 0.1) is 0 Å². The first kappa shape index (κ1) is 17.7. The highest BCUT2D eigenvalue weighted by Gasteiger charge is 2.27. The van der Waals surface area contributed by atoms with E-state index < -0.39 is 0 Å². The third-order valence-corrected chi connectivity index (χ3v) is 5.20. The summed E-state index contributed by atoms with van der Waals surface area (Å²) in [6.45, 7) is 7.40. The molecular formula is C17H33N3O2. The Balaban J connectivity index is 1.58. The lowest BCUT2D eigenvalue weighted by atomic mass is 10.0. The van der Waals surface area contributed by atoms with Crippen molar-refractivity contribution in [3.05, 3.63) is 0 Å². The molecule has 2 heterocycles. The lowest BCUT2D eigenvalue weighted by Crippen LogP contribution is -2.49. The first-order valence-electron chi connectivity index (χ1n) is 9.13. The number of rotatable bonds is 8. The van der Waals surface area contributed by atoms with Crippen molar-refractivity contribution in [3.63, 3.8) is 0 Å². The van der Waals surface area contributed by atoms with E-state index in [2.05, 4.69) is 22.0 Å². The molecule has 2 rings (SSSR count). The molecule has 0 aliphatic carbocycles. The van der Waals surface area contributed by atoms with Crippen molar-refractivity contribution >= 4 is 5.91 Å². The molecular weight excluding hydrogens is 278 g/mol. The van der Waals surface area contributed by atoms with E-state index in [4.69, 9.17) is 0 Å². The number of likely N-dealkylation sites (tertiary alicyclic amines) is 2. The van der Waals surface area contributed by atoms with Gasteiger partial charge in [0.05, 0.1) is 12.6 Å². The van der Waals surface area contributed by atoms with E-state index in [1.54, 1.807) is 0 Å². The molecule has 2 N–H and O–H groups in total. The zero-order valence-corrected chi connectivity index (χ0v) is 14.1. The normalized spacial score (nSPS) is 27.2. The third-order valence-electron chi connectivity index (χ3n) is 5.20. The number of likely N-dealkylation sites (N-methyl/N-ethyl adjacent to an activating group) is 1. The minimum absolute atomic E-state index is 0.0936. The lowest BCUT2D eigenvalue weighted by Gasteiger charge is -2.33. The van der Waals surface area contributed by atoms with Gasteiger partial charge in [-0.2, -0.15) is 0 Å². The third kappa shape index (κ3) is 4.93. The van der Waals surface area contributed by atoms with Crippen molar-refractivity contribution in [1.82, 2.24) is 15.1 Å². The fraction of sp³-hybridized carbons (Fsp3) is 0.941. The van der Waals surface area contributed by atoms with Crippen LogP contribution in [0.3, 0.4) is 0 Å². The van der Waals surface area contributed by atoms with Gasteiger partial charge in [0.25, 0.3) is 0 Å². The highest BCUT2D eigenvalue weighted by Crippen LogP contribution is 2.17. The van der Waals surface area contributed by atoms with Crippen molar-refractivity contribution in [3.8, 4) is 0 Å². The Labute approximate surface area is 135 Å².